The van der Waals surface area contributed by atoms with Crippen molar-refractivity contribution >= 4 is 0 Å². The van der Waals surface area contributed by atoms with Crippen LogP contribution in [-0.2, 0) is 13.0 Å². The van der Waals surface area contributed by atoms with E-state index < -0.39 is 5.60 Å². The summed E-state index contributed by atoms with van der Waals surface area (Å²) in [5.41, 5.74) is -0.505. The number of nitrogens with zero attached hydrogens (tertiary/aromatic N) is 2. The number of aryl methyl sites for hydroxylation is 1. The Bertz CT molecular complexity index is 324. The zero-order valence-electron chi connectivity index (χ0n) is 10.2. The van der Waals surface area contributed by atoms with Crippen LogP contribution in [0.5, 0.6) is 0 Å². The van der Waals surface area contributed by atoms with Crippen LogP contribution < -0.4 is 0 Å². The van der Waals surface area contributed by atoms with Crippen LogP contribution in [0.3, 0.4) is 0 Å². The van der Waals surface area contributed by atoms with E-state index in [0.717, 1.165) is 38.1 Å². The fraction of sp³-hybridized carbons (Fsp3) is 0.769. The molecule has 2 rings (SSSR count). The zero-order chi connectivity index (χ0) is 11.4. The Kier molecular flexibility index (Phi) is 3.64. The van der Waals surface area contributed by atoms with E-state index in [1.807, 2.05) is 12.4 Å². The molecule has 0 unspecified atom stereocenters. The van der Waals surface area contributed by atoms with Gasteiger partial charge < -0.3 is 9.67 Å². The van der Waals surface area contributed by atoms with E-state index in [2.05, 4.69) is 16.5 Å². The highest BCUT2D eigenvalue weighted by Crippen LogP contribution is 2.29. The molecule has 0 aliphatic heterocycles. The normalized spacial score (nSPS) is 20.6. The van der Waals surface area contributed by atoms with Gasteiger partial charge >= 0.3 is 0 Å². The largest absolute Gasteiger partial charge is 0.389 e. The summed E-state index contributed by atoms with van der Waals surface area (Å²) in [6.07, 6.45) is 11.3. The van der Waals surface area contributed by atoms with E-state index in [9.17, 15) is 5.11 Å². The molecule has 1 aromatic rings. The van der Waals surface area contributed by atoms with Crippen molar-refractivity contribution in [3.63, 3.8) is 0 Å². The second-order valence-corrected chi connectivity index (χ2v) is 4.94. The minimum atomic E-state index is -0.505. The first-order chi connectivity index (χ1) is 7.73. The molecule has 1 aromatic heterocycles. The first kappa shape index (κ1) is 11.6. The molecule has 1 fully saturated rings. The van der Waals surface area contributed by atoms with Crippen LogP contribution in [0.2, 0.25) is 0 Å². The Balaban J connectivity index is 2.06. The third kappa shape index (κ3) is 2.64. The van der Waals surface area contributed by atoms with Crippen molar-refractivity contribution in [1.29, 1.82) is 0 Å². The third-order valence-electron chi connectivity index (χ3n) is 3.66. The van der Waals surface area contributed by atoms with Gasteiger partial charge in [-0.2, -0.15) is 0 Å². The summed E-state index contributed by atoms with van der Waals surface area (Å²) in [7, 11) is 0. The van der Waals surface area contributed by atoms with E-state index in [1.165, 1.54) is 12.8 Å². The highest BCUT2D eigenvalue weighted by Gasteiger charge is 2.29. The van der Waals surface area contributed by atoms with E-state index in [4.69, 9.17) is 0 Å². The van der Waals surface area contributed by atoms with Crippen LogP contribution in [-0.4, -0.2) is 20.3 Å². The van der Waals surface area contributed by atoms with Crippen LogP contribution in [0.1, 0.15) is 51.3 Å². The van der Waals surface area contributed by atoms with E-state index in [0.29, 0.717) is 6.42 Å². The smallest absolute Gasteiger partial charge is 0.111 e. The number of aromatic nitrogens is 2. The first-order valence-electron chi connectivity index (χ1n) is 6.46. The molecule has 1 saturated carbocycles. The van der Waals surface area contributed by atoms with Crippen molar-refractivity contribution in [1.82, 2.24) is 9.55 Å². The molecule has 90 valence electrons. The van der Waals surface area contributed by atoms with Gasteiger partial charge in [-0.3, -0.25) is 0 Å². The molecule has 1 aliphatic carbocycles. The molecule has 0 amide bonds. The molecule has 0 spiro atoms. The molecular weight excluding hydrogens is 200 g/mol. The second-order valence-electron chi connectivity index (χ2n) is 4.94. The lowest BCUT2D eigenvalue weighted by Crippen LogP contribution is -2.32. The van der Waals surface area contributed by atoms with Crippen LogP contribution in [0.25, 0.3) is 0 Å². The van der Waals surface area contributed by atoms with Gasteiger partial charge in [-0.1, -0.05) is 25.7 Å². The molecule has 3 nitrogen and oxygen atoms in total. The van der Waals surface area contributed by atoms with E-state index in [1.54, 1.807) is 0 Å². The Morgan fingerprint density at radius 2 is 2.00 bits per heavy atom. The van der Waals surface area contributed by atoms with E-state index in [-0.39, 0.29) is 0 Å². The molecule has 1 N–H and O–H groups in total. The quantitative estimate of drug-likeness (QED) is 0.798. The summed E-state index contributed by atoms with van der Waals surface area (Å²) in [6.45, 7) is 3.05. The van der Waals surface area contributed by atoms with Crippen LogP contribution in [0, 0.1) is 0 Å². The average Bonchev–Trinajstić information content (AvgIpc) is 2.59. The van der Waals surface area contributed by atoms with Crippen LogP contribution in [0.15, 0.2) is 12.4 Å². The number of aliphatic hydroxyl groups is 1. The first-order valence-corrected chi connectivity index (χ1v) is 6.46. The number of rotatable bonds is 3. The summed E-state index contributed by atoms with van der Waals surface area (Å²) in [6, 6.07) is 0. The predicted molar refractivity (Wildman–Crippen MR) is 64.3 cm³/mol. The fourth-order valence-corrected chi connectivity index (χ4v) is 2.65. The summed E-state index contributed by atoms with van der Waals surface area (Å²) in [5.74, 6) is 1.03. The van der Waals surface area contributed by atoms with Gasteiger partial charge in [-0.25, -0.2) is 4.98 Å². The van der Waals surface area contributed by atoms with Gasteiger partial charge in [0.1, 0.15) is 5.82 Å². The van der Waals surface area contributed by atoms with Gasteiger partial charge in [0.25, 0.3) is 0 Å². The van der Waals surface area contributed by atoms with Crippen molar-refractivity contribution in [3.05, 3.63) is 18.2 Å². The molecule has 1 heterocycles. The third-order valence-corrected chi connectivity index (χ3v) is 3.66. The second kappa shape index (κ2) is 5.00. The minimum Gasteiger partial charge on any atom is -0.389 e. The lowest BCUT2D eigenvalue weighted by atomic mass is 9.90. The van der Waals surface area contributed by atoms with Gasteiger partial charge in [-0.05, 0) is 19.8 Å². The fourth-order valence-electron chi connectivity index (χ4n) is 2.65. The van der Waals surface area contributed by atoms with Crippen LogP contribution >= 0.6 is 0 Å². The Morgan fingerprint density at radius 1 is 1.31 bits per heavy atom. The van der Waals surface area contributed by atoms with Gasteiger partial charge in [0.05, 0.1) is 5.60 Å². The molecule has 16 heavy (non-hydrogen) atoms. The van der Waals surface area contributed by atoms with Crippen molar-refractivity contribution < 1.29 is 5.11 Å². The van der Waals surface area contributed by atoms with Crippen molar-refractivity contribution in [2.24, 2.45) is 0 Å². The SMILES string of the molecule is CCn1ccnc1CC1(O)CCCCCC1. The molecule has 0 atom stereocenters. The summed E-state index contributed by atoms with van der Waals surface area (Å²) < 4.78 is 2.13. The lowest BCUT2D eigenvalue weighted by Gasteiger charge is -2.26. The summed E-state index contributed by atoms with van der Waals surface area (Å²) in [5, 5.41) is 10.6. The van der Waals surface area contributed by atoms with Gasteiger partial charge in [0.2, 0.25) is 0 Å². The number of imidazole rings is 1. The predicted octanol–water partition coefficient (Wildman–Crippen LogP) is 2.53. The lowest BCUT2D eigenvalue weighted by molar-refractivity contribution is 0.0226. The number of hydrogen-bond donors (Lipinski definition) is 1. The van der Waals surface area contributed by atoms with Gasteiger partial charge in [-0.15, -0.1) is 0 Å². The van der Waals surface area contributed by atoms with Crippen molar-refractivity contribution in [2.45, 2.75) is 64.0 Å². The topological polar surface area (TPSA) is 38.0 Å². The molecule has 1 aliphatic rings. The van der Waals surface area contributed by atoms with Crippen molar-refractivity contribution in [2.75, 3.05) is 0 Å². The molecule has 0 saturated heterocycles. The monoisotopic (exact) mass is 222 g/mol. The Labute approximate surface area is 97.5 Å². The molecule has 0 bridgehead atoms. The maximum Gasteiger partial charge on any atom is 0.111 e. The molecule has 0 radical (unpaired) electrons. The zero-order valence-corrected chi connectivity index (χ0v) is 10.2. The van der Waals surface area contributed by atoms with E-state index >= 15 is 0 Å². The summed E-state index contributed by atoms with van der Waals surface area (Å²) >= 11 is 0. The maximum absolute atomic E-state index is 10.6. The molecular formula is C13H22N2O. The molecule has 3 heteroatoms. The minimum absolute atomic E-state index is 0.505. The Morgan fingerprint density at radius 3 is 2.62 bits per heavy atom. The number of hydrogen-bond acceptors (Lipinski definition) is 2. The summed E-state index contributed by atoms with van der Waals surface area (Å²) in [4.78, 5) is 4.36. The Hall–Kier alpha value is -0.830. The average molecular weight is 222 g/mol. The van der Waals surface area contributed by atoms with Crippen molar-refractivity contribution in [3.8, 4) is 0 Å². The van der Waals surface area contributed by atoms with Gasteiger partial charge in [0, 0.05) is 25.4 Å². The van der Waals surface area contributed by atoms with Gasteiger partial charge in [0.15, 0.2) is 0 Å². The standard InChI is InChI=1S/C13H22N2O/c1-2-15-10-9-14-12(15)11-13(16)7-5-3-4-6-8-13/h9-10,16H,2-8,11H2,1H3. The maximum atomic E-state index is 10.6. The molecule has 0 aromatic carbocycles. The highest BCUT2D eigenvalue weighted by molar-refractivity contribution is 4.99. The highest BCUT2D eigenvalue weighted by atomic mass is 16.3. The van der Waals surface area contributed by atoms with Crippen LogP contribution in [0.4, 0.5) is 0 Å².